The Morgan fingerprint density at radius 2 is 2.00 bits per heavy atom. The van der Waals surface area contributed by atoms with Crippen molar-refractivity contribution < 1.29 is 4.74 Å². The smallest absolute Gasteiger partial charge is 0.130 e. The Kier molecular flexibility index (Phi) is 4.39. The third kappa shape index (κ3) is 3.71. The van der Waals surface area contributed by atoms with Crippen LogP contribution in [0.15, 0.2) is 36.4 Å². The van der Waals surface area contributed by atoms with E-state index in [1.807, 2.05) is 24.3 Å². The fourth-order valence-corrected chi connectivity index (χ4v) is 1.95. The van der Waals surface area contributed by atoms with Gasteiger partial charge in [-0.3, -0.25) is 0 Å². The molecule has 0 bridgehead atoms. The van der Waals surface area contributed by atoms with Crippen LogP contribution in [0.3, 0.4) is 0 Å². The molecular formula is C16H20N2O. The molecular weight excluding hydrogens is 236 g/mol. The van der Waals surface area contributed by atoms with Crippen molar-refractivity contribution in [3.63, 3.8) is 0 Å². The van der Waals surface area contributed by atoms with Gasteiger partial charge in [0.1, 0.15) is 18.2 Å². The van der Waals surface area contributed by atoms with Crippen molar-refractivity contribution >= 4 is 5.82 Å². The van der Waals surface area contributed by atoms with Gasteiger partial charge in [0.25, 0.3) is 0 Å². The molecule has 0 fully saturated rings. The van der Waals surface area contributed by atoms with Crippen molar-refractivity contribution in [2.45, 2.75) is 27.4 Å². The van der Waals surface area contributed by atoms with Crippen LogP contribution in [0.4, 0.5) is 5.82 Å². The topological polar surface area (TPSA) is 34.1 Å². The highest BCUT2D eigenvalue weighted by Crippen LogP contribution is 2.19. The Balaban J connectivity index is 2.03. The van der Waals surface area contributed by atoms with Gasteiger partial charge in [0.2, 0.25) is 0 Å². The fraction of sp³-hybridized carbons (Fsp3) is 0.312. The molecule has 0 aliphatic carbocycles. The standard InChI is InChI=1S/C16H20N2O/c1-4-17-16-7-5-6-14(18-16)11-19-15-9-8-12(2)10-13(15)3/h5-10H,4,11H2,1-3H3,(H,17,18). The minimum atomic E-state index is 0.489. The van der Waals surface area contributed by atoms with E-state index < -0.39 is 0 Å². The van der Waals surface area contributed by atoms with Gasteiger partial charge in [0.15, 0.2) is 0 Å². The summed E-state index contributed by atoms with van der Waals surface area (Å²) in [6, 6.07) is 12.1. The van der Waals surface area contributed by atoms with Gasteiger partial charge in [-0.25, -0.2) is 4.98 Å². The van der Waals surface area contributed by atoms with E-state index in [1.165, 1.54) is 5.56 Å². The molecule has 0 unspecified atom stereocenters. The van der Waals surface area contributed by atoms with Crippen molar-refractivity contribution in [2.24, 2.45) is 0 Å². The molecule has 0 aliphatic heterocycles. The van der Waals surface area contributed by atoms with Crippen molar-refractivity contribution in [1.82, 2.24) is 4.98 Å². The summed E-state index contributed by atoms with van der Waals surface area (Å²) in [6.45, 7) is 7.56. The molecule has 100 valence electrons. The summed E-state index contributed by atoms with van der Waals surface area (Å²) in [4.78, 5) is 4.49. The molecule has 0 aliphatic rings. The van der Waals surface area contributed by atoms with Crippen molar-refractivity contribution in [3.8, 4) is 5.75 Å². The fourth-order valence-electron chi connectivity index (χ4n) is 1.95. The normalized spacial score (nSPS) is 10.3. The first-order chi connectivity index (χ1) is 9.19. The van der Waals surface area contributed by atoms with Gasteiger partial charge < -0.3 is 10.1 Å². The molecule has 2 aromatic rings. The minimum absolute atomic E-state index is 0.489. The van der Waals surface area contributed by atoms with Crippen LogP contribution in [0.5, 0.6) is 5.75 Å². The van der Waals surface area contributed by atoms with E-state index in [4.69, 9.17) is 4.74 Å². The van der Waals surface area contributed by atoms with Crippen molar-refractivity contribution in [2.75, 3.05) is 11.9 Å². The van der Waals surface area contributed by atoms with E-state index >= 15 is 0 Å². The van der Waals surface area contributed by atoms with Crippen LogP contribution in [0.1, 0.15) is 23.7 Å². The van der Waals surface area contributed by atoms with Crippen LogP contribution >= 0.6 is 0 Å². The molecule has 0 atom stereocenters. The summed E-state index contributed by atoms with van der Waals surface area (Å²) in [7, 11) is 0. The maximum absolute atomic E-state index is 5.82. The number of pyridine rings is 1. The molecule has 0 spiro atoms. The number of aromatic nitrogens is 1. The highest BCUT2D eigenvalue weighted by molar-refractivity contribution is 5.37. The average molecular weight is 256 g/mol. The quantitative estimate of drug-likeness (QED) is 0.885. The third-order valence-corrected chi connectivity index (χ3v) is 2.87. The molecule has 3 nitrogen and oxygen atoms in total. The monoisotopic (exact) mass is 256 g/mol. The lowest BCUT2D eigenvalue weighted by molar-refractivity contribution is 0.299. The zero-order valence-corrected chi connectivity index (χ0v) is 11.7. The number of benzene rings is 1. The van der Waals surface area contributed by atoms with Gasteiger partial charge in [-0.15, -0.1) is 0 Å². The molecule has 0 saturated heterocycles. The van der Waals surface area contributed by atoms with Gasteiger partial charge in [-0.05, 0) is 44.5 Å². The SMILES string of the molecule is CCNc1cccc(COc2ccc(C)cc2C)n1. The van der Waals surface area contributed by atoms with Crippen LogP contribution in [0.2, 0.25) is 0 Å². The Morgan fingerprint density at radius 1 is 1.16 bits per heavy atom. The predicted octanol–water partition coefficient (Wildman–Crippen LogP) is 3.71. The maximum Gasteiger partial charge on any atom is 0.130 e. The molecule has 2 rings (SSSR count). The van der Waals surface area contributed by atoms with Crippen LogP contribution in [-0.2, 0) is 6.61 Å². The predicted molar refractivity (Wildman–Crippen MR) is 78.6 cm³/mol. The molecule has 19 heavy (non-hydrogen) atoms. The largest absolute Gasteiger partial charge is 0.487 e. The average Bonchev–Trinajstić information content (AvgIpc) is 2.38. The summed E-state index contributed by atoms with van der Waals surface area (Å²) in [5.41, 5.74) is 3.33. The minimum Gasteiger partial charge on any atom is -0.487 e. The summed E-state index contributed by atoms with van der Waals surface area (Å²) < 4.78 is 5.82. The summed E-state index contributed by atoms with van der Waals surface area (Å²) in [5.74, 6) is 1.81. The molecule has 0 saturated carbocycles. The van der Waals surface area contributed by atoms with Gasteiger partial charge >= 0.3 is 0 Å². The zero-order chi connectivity index (χ0) is 13.7. The molecule has 1 aromatic carbocycles. The number of anilines is 1. The summed E-state index contributed by atoms with van der Waals surface area (Å²) in [6.07, 6.45) is 0. The van der Waals surface area contributed by atoms with E-state index in [0.717, 1.165) is 29.4 Å². The van der Waals surface area contributed by atoms with Crippen LogP contribution in [0, 0.1) is 13.8 Å². The Bertz CT molecular complexity index is 552. The number of aryl methyl sites for hydroxylation is 2. The zero-order valence-electron chi connectivity index (χ0n) is 11.7. The summed E-state index contributed by atoms with van der Waals surface area (Å²) >= 11 is 0. The maximum atomic E-state index is 5.82. The lowest BCUT2D eigenvalue weighted by atomic mass is 10.1. The Labute approximate surface area is 114 Å². The number of hydrogen-bond donors (Lipinski definition) is 1. The molecule has 1 heterocycles. The van der Waals surface area contributed by atoms with Crippen LogP contribution in [-0.4, -0.2) is 11.5 Å². The van der Waals surface area contributed by atoms with Gasteiger partial charge in [0.05, 0.1) is 5.69 Å². The number of ether oxygens (including phenoxy) is 1. The van der Waals surface area contributed by atoms with E-state index in [9.17, 15) is 0 Å². The van der Waals surface area contributed by atoms with Gasteiger partial charge in [-0.2, -0.15) is 0 Å². The van der Waals surface area contributed by atoms with Crippen LogP contribution in [0.25, 0.3) is 0 Å². The number of rotatable bonds is 5. The molecule has 0 radical (unpaired) electrons. The highest BCUT2D eigenvalue weighted by Gasteiger charge is 2.02. The molecule has 0 amide bonds. The lowest BCUT2D eigenvalue weighted by Gasteiger charge is -2.10. The second-order valence-corrected chi connectivity index (χ2v) is 4.60. The Morgan fingerprint density at radius 3 is 2.74 bits per heavy atom. The van der Waals surface area contributed by atoms with E-state index in [1.54, 1.807) is 0 Å². The molecule has 1 N–H and O–H groups in total. The Hall–Kier alpha value is -2.03. The van der Waals surface area contributed by atoms with Gasteiger partial charge in [-0.1, -0.05) is 23.8 Å². The summed E-state index contributed by atoms with van der Waals surface area (Å²) in [5, 5.41) is 3.20. The molecule has 3 heteroatoms. The first-order valence-corrected chi connectivity index (χ1v) is 6.59. The highest BCUT2D eigenvalue weighted by atomic mass is 16.5. The van der Waals surface area contributed by atoms with E-state index in [-0.39, 0.29) is 0 Å². The first kappa shape index (κ1) is 13.4. The van der Waals surface area contributed by atoms with Gasteiger partial charge in [0, 0.05) is 6.54 Å². The third-order valence-electron chi connectivity index (χ3n) is 2.87. The number of hydrogen-bond acceptors (Lipinski definition) is 3. The van der Waals surface area contributed by atoms with E-state index in [2.05, 4.69) is 43.2 Å². The first-order valence-electron chi connectivity index (χ1n) is 6.59. The molecule has 1 aromatic heterocycles. The van der Waals surface area contributed by atoms with Crippen molar-refractivity contribution in [1.29, 1.82) is 0 Å². The van der Waals surface area contributed by atoms with E-state index in [0.29, 0.717) is 6.61 Å². The van der Waals surface area contributed by atoms with Crippen LogP contribution < -0.4 is 10.1 Å². The number of nitrogens with zero attached hydrogens (tertiary/aromatic N) is 1. The number of nitrogens with one attached hydrogen (secondary N) is 1. The van der Waals surface area contributed by atoms with Crippen molar-refractivity contribution in [3.05, 3.63) is 53.2 Å². The second-order valence-electron chi connectivity index (χ2n) is 4.60. The lowest BCUT2D eigenvalue weighted by Crippen LogP contribution is -2.04. The second kappa shape index (κ2) is 6.23.